The first-order valence-corrected chi connectivity index (χ1v) is 9.10. The summed E-state index contributed by atoms with van der Waals surface area (Å²) < 4.78 is 12.1. The first-order chi connectivity index (χ1) is 12.7. The van der Waals surface area contributed by atoms with Gasteiger partial charge in [0.05, 0.1) is 6.61 Å². The van der Waals surface area contributed by atoms with Gasteiger partial charge in [-0.2, -0.15) is 0 Å². The van der Waals surface area contributed by atoms with Crippen molar-refractivity contribution in [2.24, 2.45) is 0 Å². The summed E-state index contributed by atoms with van der Waals surface area (Å²) in [5.74, 6) is -0.590. The lowest BCUT2D eigenvalue weighted by Crippen LogP contribution is -2.40. The van der Waals surface area contributed by atoms with Gasteiger partial charge in [0.2, 0.25) is 5.78 Å². The van der Waals surface area contributed by atoms with Crippen molar-refractivity contribution in [2.75, 3.05) is 6.61 Å². The third-order valence-electron chi connectivity index (χ3n) is 4.83. The molecule has 1 fully saturated rings. The standard InChI is InChI=1S/C22H24O4/c1-3-15-7-5-9-17(11-15)20-14-25-21(22(26-20)19(24)13-23)18-10-6-8-16(4-2)12-18/h5-13,20-22H,3-4,14H2,1-2H3. The van der Waals surface area contributed by atoms with Crippen LogP contribution >= 0.6 is 0 Å². The molecular formula is C22H24O4. The zero-order valence-electron chi connectivity index (χ0n) is 15.2. The van der Waals surface area contributed by atoms with Gasteiger partial charge in [-0.25, -0.2) is 0 Å². The molecule has 3 rings (SSSR count). The van der Waals surface area contributed by atoms with Crippen LogP contribution in [0.3, 0.4) is 0 Å². The highest BCUT2D eigenvalue weighted by Crippen LogP contribution is 2.35. The van der Waals surface area contributed by atoms with Crippen molar-refractivity contribution in [3.05, 3.63) is 70.8 Å². The lowest BCUT2D eigenvalue weighted by atomic mass is 9.96. The number of ether oxygens (including phenoxy) is 2. The highest BCUT2D eigenvalue weighted by Gasteiger charge is 2.38. The minimum Gasteiger partial charge on any atom is -0.367 e. The number of carbonyl (C=O) groups is 2. The lowest BCUT2D eigenvalue weighted by Gasteiger charge is -2.35. The molecule has 0 radical (unpaired) electrons. The Morgan fingerprint density at radius 2 is 1.65 bits per heavy atom. The Hall–Kier alpha value is -2.30. The summed E-state index contributed by atoms with van der Waals surface area (Å²) in [6.07, 6.45) is 0.287. The number of aldehydes is 1. The van der Waals surface area contributed by atoms with Crippen LogP contribution in [0.5, 0.6) is 0 Å². The molecule has 0 saturated carbocycles. The maximum Gasteiger partial charge on any atom is 0.226 e. The fraction of sp³-hybridized carbons (Fsp3) is 0.364. The van der Waals surface area contributed by atoms with E-state index in [9.17, 15) is 9.59 Å². The van der Waals surface area contributed by atoms with Crippen molar-refractivity contribution in [3.63, 3.8) is 0 Å². The molecule has 1 aliphatic heterocycles. The highest BCUT2D eigenvalue weighted by atomic mass is 16.6. The van der Waals surface area contributed by atoms with Crippen LogP contribution in [0, 0.1) is 0 Å². The normalized spacial score (nSPS) is 22.8. The molecule has 0 amide bonds. The van der Waals surface area contributed by atoms with E-state index in [2.05, 4.69) is 26.0 Å². The Morgan fingerprint density at radius 3 is 2.27 bits per heavy atom. The van der Waals surface area contributed by atoms with Crippen molar-refractivity contribution in [1.82, 2.24) is 0 Å². The summed E-state index contributed by atoms with van der Waals surface area (Å²) in [5, 5.41) is 0. The largest absolute Gasteiger partial charge is 0.367 e. The Kier molecular flexibility index (Phi) is 5.96. The summed E-state index contributed by atoms with van der Waals surface area (Å²) in [6.45, 7) is 4.51. The lowest BCUT2D eigenvalue weighted by molar-refractivity contribution is -0.190. The first kappa shape index (κ1) is 18.5. The number of ketones is 1. The minimum atomic E-state index is -0.927. The number of Topliss-reactive ketones (excluding diaryl/α,β-unsaturated/α-hetero) is 1. The molecule has 0 aromatic heterocycles. The monoisotopic (exact) mass is 352 g/mol. The number of hydrogen-bond acceptors (Lipinski definition) is 4. The molecule has 136 valence electrons. The van der Waals surface area contributed by atoms with Crippen molar-refractivity contribution >= 4 is 12.1 Å². The molecule has 3 unspecified atom stereocenters. The molecule has 0 aliphatic carbocycles. The molecular weight excluding hydrogens is 328 g/mol. The molecule has 4 nitrogen and oxygen atoms in total. The van der Waals surface area contributed by atoms with Crippen LogP contribution in [0.4, 0.5) is 0 Å². The molecule has 4 heteroatoms. The number of rotatable bonds is 6. The molecule has 1 heterocycles. The third kappa shape index (κ3) is 3.92. The second-order valence-corrected chi connectivity index (χ2v) is 6.52. The fourth-order valence-electron chi connectivity index (χ4n) is 3.30. The van der Waals surface area contributed by atoms with Gasteiger partial charge < -0.3 is 9.47 Å². The number of carbonyl (C=O) groups excluding carboxylic acids is 2. The van der Waals surface area contributed by atoms with Crippen LogP contribution in [0.1, 0.15) is 48.3 Å². The van der Waals surface area contributed by atoms with Crippen LogP contribution in [-0.2, 0) is 31.9 Å². The highest BCUT2D eigenvalue weighted by molar-refractivity contribution is 6.27. The summed E-state index contributed by atoms with van der Waals surface area (Å²) in [5.41, 5.74) is 4.18. The van der Waals surface area contributed by atoms with Gasteiger partial charge in [-0.05, 0) is 35.1 Å². The van der Waals surface area contributed by atoms with Crippen molar-refractivity contribution < 1.29 is 19.1 Å². The predicted molar refractivity (Wildman–Crippen MR) is 99.0 cm³/mol. The minimum absolute atomic E-state index is 0.329. The van der Waals surface area contributed by atoms with Crippen LogP contribution in [0.25, 0.3) is 0 Å². The Balaban J connectivity index is 1.87. The zero-order chi connectivity index (χ0) is 18.5. The summed E-state index contributed by atoms with van der Waals surface area (Å²) in [6, 6.07) is 16.0. The number of benzene rings is 2. The predicted octanol–water partition coefficient (Wildman–Crippen LogP) is 3.78. The first-order valence-electron chi connectivity index (χ1n) is 9.10. The molecule has 0 spiro atoms. The van der Waals surface area contributed by atoms with E-state index in [-0.39, 0.29) is 6.10 Å². The van der Waals surface area contributed by atoms with Gasteiger partial charge in [0.15, 0.2) is 12.4 Å². The number of aryl methyl sites for hydroxylation is 2. The molecule has 3 atom stereocenters. The van der Waals surface area contributed by atoms with E-state index < -0.39 is 18.0 Å². The van der Waals surface area contributed by atoms with E-state index >= 15 is 0 Å². The second kappa shape index (κ2) is 8.39. The van der Waals surface area contributed by atoms with Gasteiger partial charge in [-0.3, -0.25) is 9.59 Å². The maximum absolute atomic E-state index is 12.2. The van der Waals surface area contributed by atoms with E-state index in [0.29, 0.717) is 12.9 Å². The van der Waals surface area contributed by atoms with Crippen LogP contribution in [-0.4, -0.2) is 24.8 Å². The van der Waals surface area contributed by atoms with E-state index in [1.54, 1.807) is 0 Å². The van der Waals surface area contributed by atoms with Crippen LogP contribution < -0.4 is 0 Å². The quantitative estimate of drug-likeness (QED) is 0.586. The van der Waals surface area contributed by atoms with E-state index in [0.717, 1.165) is 29.5 Å². The second-order valence-electron chi connectivity index (χ2n) is 6.52. The summed E-state index contributed by atoms with van der Waals surface area (Å²) in [7, 11) is 0. The van der Waals surface area contributed by atoms with Crippen molar-refractivity contribution in [2.45, 2.75) is 45.0 Å². The SMILES string of the molecule is CCc1cccc(C2COC(c3cccc(CC)c3)C(C(=O)C=O)O2)c1. The number of hydrogen-bond donors (Lipinski definition) is 0. The van der Waals surface area contributed by atoms with Gasteiger partial charge in [0, 0.05) is 0 Å². The molecule has 1 aliphatic rings. The van der Waals surface area contributed by atoms with Gasteiger partial charge in [0.25, 0.3) is 0 Å². The smallest absolute Gasteiger partial charge is 0.226 e. The topological polar surface area (TPSA) is 52.6 Å². The molecule has 2 aromatic rings. The Morgan fingerprint density at radius 1 is 1.04 bits per heavy atom. The maximum atomic E-state index is 12.2. The summed E-state index contributed by atoms with van der Waals surface area (Å²) >= 11 is 0. The van der Waals surface area contributed by atoms with Crippen molar-refractivity contribution in [1.29, 1.82) is 0 Å². The van der Waals surface area contributed by atoms with Crippen LogP contribution in [0.2, 0.25) is 0 Å². The van der Waals surface area contributed by atoms with E-state index in [1.807, 2.05) is 36.4 Å². The van der Waals surface area contributed by atoms with Crippen LogP contribution in [0.15, 0.2) is 48.5 Å². The molecule has 26 heavy (non-hydrogen) atoms. The average Bonchev–Trinajstić information content (AvgIpc) is 2.72. The Labute approximate surface area is 154 Å². The third-order valence-corrected chi connectivity index (χ3v) is 4.83. The fourth-order valence-corrected chi connectivity index (χ4v) is 3.30. The molecule has 2 aromatic carbocycles. The molecule has 1 saturated heterocycles. The average molecular weight is 352 g/mol. The molecule has 0 N–H and O–H groups in total. The van der Waals surface area contributed by atoms with Gasteiger partial charge >= 0.3 is 0 Å². The molecule has 0 bridgehead atoms. The van der Waals surface area contributed by atoms with Gasteiger partial charge in [-0.1, -0.05) is 62.4 Å². The van der Waals surface area contributed by atoms with Gasteiger partial charge in [-0.15, -0.1) is 0 Å². The van der Waals surface area contributed by atoms with Gasteiger partial charge in [0.1, 0.15) is 12.2 Å². The van der Waals surface area contributed by atoms with E-state index in [1.165, 1.54) is 5.56 Å². The van der Waals surface area contributed by atoms with Crippen molar-refractivity contribution in [3.8, 4) is 0 Å². The van der Waals surface area contributed by atoms with E-state index in [4.69, 9.17) is 9.47 Å². The zero-order valence-corrected chi connectivity index (χ0v) is 15.2. The Bertz CT molecular complexity index is 783. The summed E-state index contributed by atoms with van der Waals surface area (Å²) in [4.78, 5) is 23.4.